The van der Waals surface area contributed by atoms with Crippen LogP contribution in [-0.4, -0.2) is 32.5 Å². The molecule has 0 saturated heterocycles. The van der Waals surface area contributed by atoms with Crippen LogP contribution in [0.4, 0.5) is 5.82 Å². The van der Waals surface area contributed by atoms with Crippen LogP contribution in [0.5, 0.6) is 0 Å². The van der Waals surface area contributed by atoms with Crippen molar-refractivity contribution in [1.82, 2.24) is 24.8 Å². The van der Waals surface area contributed by atoms with E-state index in [0.29, 0.717) is 12.4 Å². The smallest absolute Gasteiger partial charge is 0.207 e. The Morgan fingerprint density at radius 3 is 2.54 bits per heavy atom. The number of aryl methyl sites for hydroxylation is 3. The van der Waals surface area contributed by atoms with E-state index in [0.717, 1.165) is 43.0 Å². The van der Waals surface area contributed by atoms with Crippen LogP contribution in [0.1, 0.15) is 42.7 Å². The number of carbonyl (C=O) groups excluding carboxylic acids is 1. The van der Waals surface area contributed by atoms with Gasteiger partial charge in [0.15, 0.2) is 0 Å². The summed E-state index contributed by atoms with van der Waals surface area (Å²) >= 11 is 0. The monoisotopic (exact) mass is 332 g/mol. The summed E-state index contributed by atoms with van der Waals surface area (Å²) in [5.41, 5.74) is 8.44. The first-order chi connectivity index (χ1) is 11.5. The fraction of sp³-hybridized carbons (Fsp3) is 0.529. The van der Waals surface area contributed by atoms with Crippen LogP contribution in [0, 0.1) is 20.8 Å². The molecular weight excluding hydrogens is 304 g/mol. The molecule has 0 aliphatic rings. The number of nitrogens with two attached hydrogens (primary N) is 1. The molecule has 3 N–H and O–H groups in total. The fourth-order valence-corrected chi connectivity index (χ4v) is 2.18. The van der Waals surface area contributed by atoms with Gasteiger partial charge in [0, 0.05) is 25.2 Å². The first kappa shape index (κ1) is 19.6. The highest BCUT2D eigenvalue weighted by atomic mass is 16.1. The Morgan fingerprint density at radius 1 is 1.25 bits per heavy atom. The van der Waals surface area contributed by atoms with E-state index in [1.54, 1.807) is 6.20 Å². The summed E-state index contributed by atoms with van der Waals surface area (Å²) in [6.07, 6.45) is 7.27. The van der Waals surface area contributed by atoms with Crippen LogP contribution in [0.2, 0.25) is 0 Å². The molecule has 0 aromatic carbocycles. The highest BCUT2D eigenvalue weighted by Gasteiger charge is 2.09. The number of aromatic nitrogens is 4. The third kappa shape index (κ3) is 6.36. The molecule has 0 fully saturated rings. The quantitative estimate of drug-likeness (QED) is 0.596. The number of hydrogen-bond donors (Lipinski definition) is 2. The average Bonchev–Trinajstić information content (AvgIpc) is 2.84. The lowest BCUT2D eigenvalue weighted by Crippen LogP contribution is -2.20. The second-order valence-corrected chi connectivity index (χ2v) is 5.61. The van der Waals surface area contributed by atoms with Gasteiger partial charge in [0.2, 0.25) is 6.41 Å². The average molecular weight is 332 g/mol. The molecule has 7 heteroatoms. The van der Waals surface area contributed by atoms with Gasteiger partial charge in [-0.1, -0.05) is 13.3 Å². The Bertz CT molecular complexity index is 600. The van der Waals surface area contributed by atoms with Crippen LogP contribution in [0.25, 0.3) is 0 Å². The van der Waals surface area contributed by atoms with Crippen molar-refractivity contribution in [2.24, 2.45) is 0 Å². The Morgan fingerprint density at radius 2 is 2.00 bits per heavy atom. The van der Waals surface area contributed by atoms with E-state index in [-0.39, 0.29) is 0 Å². The molecule has 2 aromatic rings. The van der Waals surface area contributed by atoms with Crippen molar-refractivity contribution >= 4 is 12.2 Å². The predicted octanol–water partition coefficient (Wildman–Crippen LogP) is 1.96. The van der Waals surface area contributed by atoms with Gasteiger partial charge >= 0.3 is 0 Å². The predicted molar refractivity (Wildman–Crippen MR) is 95.6 cm³/mol. The van der Waals surface area contributed by atoms with Crippen LogP contribution >= 0.6 is 0 Å². The molecule has 0 bridgehead atoms. The van der Waals surface area contributed by atoms with Gasteiger partial charge in [-0.2, -0.15) is 0 Å². The summed E-state index contributed by atoms with van der Waals surface area (Å²) in [5, 5.41) is 2.69. The number of amides is 1. The van der Waals surface area contributed by atoms with Crippen LogP contribution in [0.15, 0.2) is 12.4 Å². The number of carbonyl (C=O) groups is 1. The molecule has 1 amide bonds. The van der Waals surface area contributed by atoms with Gasteiger partial charge in [0.05, 0.1) is 23.8 Å². The second kappa shape index (κ2) is 10.4. The summed E-state index contributed by atoms with van der Waals surface area (Å²) in [5.74, 6) is 1.61. The molecule has 132 valence electrons. The molecule has 2 aromatic heterocycles. The van der Waals surface area contributed by atoms with Crippen molar-refractivity contribution in [2.45, 2.75) is 53.5 Å². The molecule has 0 saturated carbocycles. The van der Waals surface area contributed by atoms with Crippen LogP contribution in [0.3, 0.4) is 0 Å². The van der Waals surface area contributed by atoms with Crippen LogP contribution < -0.4 is 11.1 Å². The molecule has 0 spiro atoms. The number of nitrogen functional groups attached to an aromatic ring is 1. The summed E-state index contributed by atoms with van der Waals surface area (Å²) < 4.78 is 2.21. The minimum absolute atomic E-state index is 0.468. The maximum Gasteiger partial charge on any atom is 0.207 e. The highest BCUT2D eigenvalue weighted by molar-refractivity contribution is 5.45. The molecular formula is C17H28N6O. The zero-order valence-corrected chi connectivity index (χ0v) is 15.0. The zero-order valence-electron chi connectivity index (χ0n) is 15.0. The molecule has 2 rings (SSSR count). The number of anilines is 1. The van der Waals surface area contributed by atoms with Gasteiger partial charge in [0.1, 0.15) is 11.6 Å². The van der Waals surface area contributed by atoms with Crippen molar-refractivity contribution in [1.29, 1.82) is 0 Å². The lowest BCUT2D eigenvalue weighted by Gasteiger charge is -2.09. The van der Waals surface area contributed by atoms with Crippen molar-refractivity contribution in [3.63, 3.8) is 0 Å². The summed E-state index contributed by atoms with van der Waals surface area (Å²) in [6, 6.07) is 0. The van der Waals surface area contributed by atoms with Crippen molar-refractivity contribution in [3.8, 4) is 0 Å². The van der Waals surface area contributed by atoms with Gasteiger partial charge in [0.25, 0.3) is 0 Å². The van der Waals surface area contributed by atoms with E-state index in [2.05, 4.69) is 38.7 Å². The van der Waals surface area contributed by atoms with Crippen molar-refractivity contribution in [3.05, 3.63) is 35.3 Å². The summed E-state index contributed by atoms with van der Waals surface area (Å²) in [4.78, 5) is 22.5. The van der Waals surface area contributed by atoms with E-state index in [9.17, 15) is 4.79 Å². The molecule has 24 heavy (non-hydrogen) atoms. The highest BCUT2D eigenvalue weighted by Crippen LogP contribution is 2.12. The molecule has 7 nitrogen and oxygen atoms in total. The number of rotatable bonds is 7. The number of nitrogens with one attached hydrogen (secondary N) is 1. The van der Waals surface area contributed by atoms with E-state index < -0.39 is 0 Å². The van der Waals surface area contributed by atoms with E-state index in [4.69, 9.17) is 5.73 Å². The van der Waals surface area contributed by atoms with Crippen molar-refractivity contribution < 1.29 is 4.79 Å². The maximum atomic E-state index is 10.2. The molecule has 0 radical (unpaired) electrons. The van der Waals surface area contributed by atoms with Gasteiger partial charge in [-0.15, -0.1) is 0 Å². The number of imidazole rings is 1. The van der Waals surface area contributed by atoms with Crippen LogP contribution in [-0.2, 0) is 17.8 Å². The van der Waals surface area contributed by atoms with E-state index in [1.165, 1.54) is 18.3 Å². The third-order valence-corrected chi connectivity index (χ3v) is 3.65. The minimum Gasteiger partial charge on any atom is -0.382 e. The first-order valence-electron chi connectivity index (χ1n) is 8.23. The summed E-state index contributed by atoms with van der Waals surface area (Å²) in [6.45, 7) is 9.64. The molecule has 0 aliphatic heterocycles. The van der Waals surface area contributed by atoms with Crippen molar-refractivity contribution in [2.75, 3.05) is 12.3 Å². The maximum absolute atomic E-state index is 10.2. The van der Waals surface area contributed by atoms with Gasteiger partial charge < -0.3 is 15.6 Å². The molecule has 0 atom stereocenters. The molecule has 0 unspecified atom stereocenters. The number of nitrogens with zero attached hydrogens (tertiary/aromatic N) is 4. The number of unbranched alkanes of at least 4 members (excludes halogenated alkanes) is 1. The fourth-order valence-electron chi connectivity index (χ4n) is 2.18. The van der Waals surface area contributed by atoms with E-state index >= 15 is 0 Å². The first-order valence-corrected chi connectivity index (χ1v) is 8.23. The van der Waals surface area contributed by atoms with Gasteiger partial charge in [-0.3, -0.25) is 9.78 Å². The van der Waals surface area contributed by atoms with Gasteiger partial charge in [-0.05, 0) is 27.2 Å². The Kier molecular flexibility index (Phi) is 8.46. The lowest BCUT2D eigenvalue weighted by atomic mass is 10.2. The second-order valence-electron chi connectivity index (χ2n) is 5.61. The van der Waals surface area contributed by atoms with Gasteiger partial charge in [-0.25, -0.2) is 9.97 Å². The third-order valence-electron chi connectivity index (χ3n) is 3.65. The largest absolute Gasteiger partial charge is 0.382 e. The standard InChI is InChI=1S/C12H21N3O.C5H7N3/c1-4-5-6-12-14-10(2)11(3)15(12)8-7-13-9-16;1-4-2-8-5(6)3-7-4/h9H,4-8H2,1-3H3,(H,13,16);2-3H,1H3,(H2,6,8). The molecule has 0 aliphatic carbocycles. The molecule has 2 heterocycles. The zero-order chi connectivity index (χ0) is 17.9. The minimum atomic E-state index is 0.468. The summed E-state index contributed by atoms with van der Waals surface area (Å²) in [7, 11) is 0. The Labute approximate surface area is 143 Å². The SMILES string of the molecule is CCCCc1nc(C)c(C)n1CCNC=O.Cc1cnc(N)cn1. The van der Waals surface area contributed by atoms with E-state index in [1.807, 2.05) is 13.8 Å². The lowest BCUT2D eigenvalue weighted by molar-refractivity contribution is -0.109. The topological polar surface area (TPSA) is 98.7 Å². The number of hydrogen-bond acceptors (Lipinski definition) is 5. The normalized spacial score (nSPS) is 10.0. The Hall–Kier alpha value is -2.44. The Balaban J connectivity index is 0.000000300.